The molecule has 0 radical (unpaired) electrons. The third-order valence-corrected chi connectivity index (χ3v) is 3.39. The Morgan fingerprint density at radius 3 is 2.45 bits per heavy atom. The van der Waals surface area contributed by atoms with E-state index in [2.05, 4.69) is 19.2 Å². The van der Waals surface area contributed by atoms with Gasteiger partial charge in [0.05, 0.1) is 14.2 Å². The largest absolute Gasteiger partial charge is 0.493 e. The molecule has 0 aliphatic heterocycles. The molecule has 4 heteroatoms. The van der Waals surface area contributed by atoms with E-state index in [4.69, 9.17) is 14.6 Å². The first kappa shape index (κ1) is 16.8. The molecular formula is C16H27NO3. The van der Waals surface area contributed by atoms with Gasteiger partial charge in [0.15, 0.2) is 11.5 Å². The van der Waals surface area contributed by atoms with Crippen molar-refractivity contribution in [3.05, 3.63) is 23.8 Å². The van der Waals surface area contributed by atoms with E-state index in [1.54, 1.807) is 14.2 Å². The summed E-state index contributed by atoms with van der Waals surface area (Å²) < 4.78 is 10.5. The molecule has 0 bridgehead atoms. The van der Waals surface area contributed by atoms with Crippen molar-refractivity contribution in [2.45, 2.75) is 33.2 Å². The Morgan fingerprint density at radius 2 is 1.85 bits per heavy atom. The molecule has 0 saturated heterocycles. The summed E-state index contributed by atoms with van der Waals surface area (Å²) in [5.41, 5.74) is 1.36. The van der Waals surface area contributed by atoms with Gasteiger partial charge in [0, 0.05) is 19.7 Å². The first-order valence-corrected chi connectivity index (χ1v) is 7.05. The highest BCUT2D eigenvalue weighted by atomic mass is 16.5. The summed E-state index contributed by atoms with van der Waals surface area (Å²) >= 11 is 0. The van der Waals surface area contributed by atoms with Gasteiger partial charge < -0.3 is 19.9 Å². The van der Waals surface area contributed by atoms with E-state index in [9.17, 15) is 0 Å². The zero-order valence-electron chi connectivity index (χ0n) is 13.0. The van der Waals surface area contributed by atoms with Gasteiger partial charge in [-0.1, -0.05) is 19.9 Å². The molecule has 0 aromatic heterocycles. The summed E-state index contributed by atoms with van der Waals surface area (Å²) in [6.07, 6.45) is 1.87. The van der Waals surface area contributed by atoms with Crippen LogP contribution in [0.3, 0.4) is 0 Å². The third kappa shape index (κ3) is 5.39. The predicted molar refractivity (Wildman–Crippen MR) is 81.4 cm³/mol. The van der Waals surface area contributed by atoms with Gasteiger partial charge in [-0.3, -0.25) is 0 Å². The second kappa shape index (κ2) is 8.12. The fraction of sp³-hybridized carbons (Fsp3) is 0.625. The molecule has 0 fully saturated rings. The van der Waals surface area contributed by atoms with Crippen molar-refractivity contribution in [3.8, 4) is 11.5 Å². The highest BCUT2D eigenvalue weighted by Crippen LogP contribution is 2.27. The number of benzene rings is 1. The standard InChI is InChI=1S/C16H27NO3/c1-16(2,8-5-9-18)12-17-11-13-6-7-14(19-3)15(10-13)20-4/h6-7,10,17-18H,5,8-9,11-12H2,1-4H3. The molecule has 1 aromatic rings. The van der Waals surface area contributed by atoms with Crippen molar-refractivity contribution in [2.24, 2.45) is 5.41 Å². The molecule has 20 heavy (non-hydrogen) atoms. The van der Waals surface area contributed by atoms with Crippen molar-refractivity contribution < 1.29 is 14.6 Å². The fourth-order valence-electron chi connectivity index (χ4n) is 2.18. The summed E-state index contributed by atoms with van der Waals surface area (Å²) in [6.45, 7) is 6.40. The normalized spacial score (nSPS) is 11.4. The zero-order chi connectivity index (χ0) is 15.0. The number of hydrogen-bond acceptors (Lipinski definition) is 4. The minimum atomic E-state index is 0.194. The highest BCUT2D eigenvalue weighted by molar-refractivity contribution is 5.42. The number of hydrogen-bond donors (Lipinski definition) is 2. The average molecular weight is 281 g/mol. The van der Waals surface area contributed by atoms with Crippen LogP contribution in [0.25, 0.3) is 0 Å². The minimum absolute atomic E-state index is 0.194. The predicted octanol–water partition coefficient (Wildman–Crippen LogP) is 2.59. The summed E-state index contributed by atoms with van der Waals surface area (Å²) in [5, 5.41) is 12.4. The molecule has 1 aromatic carbocycles. The Labute approximate surface area is 122 Å². The lowest BCUT2D eigenvalue weighted by Crippen LogP contribution is -2.29. The zero-order valence-corrected chi connectivity index (χ0v) is 13.0. The maximum Gasteiger partial charge on any atom is 0.161 e. The van der Waals surface area contributed by atoms with Gasteiger partial charge in [-0.15, -0.1) is 0 Å². The van der Waals surface area contributed by atoms with Gasteiger partial charge in [0.1, 0.15) is 0 Å². The van der Waals surface area contributed by atoms with Gasteiger partial charge in [-0.25, -0.2) is 0 Å². The van der Waals surface area contributed by atoms with Crippen LogP contribution in [-0.4, -0.2) is 32.5 Å². The molecule has 0 saturated carbocycles. The Morgan fingerprint density at radius 1 is 1.15 bits per heavy atom. The van der Waals surface area contributed by atoms with Crippen molar-refractivity contribution >= 4 is 0 Å². The molecule has 0 spiro atoms. The van der Waals surface area contributed by atoms with Gasteiger partial charge in [0.25, 0.3) is 0 Å². The SMILES string of the molecule is COc1ccc(CNCC(C)(C)CCCO)cc1OC. The molecule has 0 aliphatic carbocycles. The van der Waals surface area contributed by atoms with Crippen LogP contribution >= 0.6 is 0 Å². The van der Waals surface area contributed by atoms with Crippen molar-refractivity contribution in [3.63, 3.8) is 0 Å². The van der Waals surface area contributed by atoms with E-state index in [1.807, 2.05) is 18.2 Å². The topological polar surface area (TPSA) is 50.7 Å². The Kier molecular flexibility index (Phi) is 6.82. The van der Waals surface area contributed by atoms with Crippen LogP contribution in [0, 0.1) is 5.41 Å². The maximum absolute atomic E-state index is 8.89. The Bertz CT molecular complexity index is 405. The minimum Gasteiger partial charge on any atom is -0.493 e. The molecule has 0 aliphatic rings. The lowest BCUT2D eigenvalue weighted by molar-refractivity contribution is 0.236. The monoisotopic (exact) mass is 281 g/mol. The van der Waals surface area contributed by atoms with E-state index in [0.717, 1.165) is 37.4 Å². The van der Waals surface area contributed by atoms with Gasteiger partial charge in [-0.05, 0) is 36.0 Å². The lowest BCUT2D eigenvalue weighted by atomic mass is 9.88. The van der Waals surface area contributed by atoms with Crippen LogP contribution in [0.2, 0.25) is 0 Å². The van der Waals surface area contributed by atoms with Crippen LogP contribution in [0.5, 0.6) is 11.5 Å². The molecule has 1 rings (SSSR count). The van der Waals surface area contributed by atoms with E-state index >= 15 is 0 Å². The number of ether oxygens (including phenoxy) is 2. The summed E-state index contributed by atoms with van der Waals surface area (Å²) in [5.74, 6) is 1.51. The second-order valence-electron chi connectivity index (χ2n) is 5.78. The molecule has 0 amide bonds. The fourth-order valence-corrected chi connectivity index (χ4v) is 2.18. The Hall–Kier alpha value is -1.26. The molecule has 0 atom stereocenters. The highest BCUT2D eigenvalue weighted by Gasteiger charge is 2.16. The smallest absolute Gasteiger partial charge is 0.161 e. The summed E-state index contributed by atoms with van der Waals surface area (Å²) in [7, 11) is 3.28. The Balaban J connectivity index is 2.49. The summed E-state index contributed by atoms with van der Waals surface area (Å²) in [6, 6.07) is 5.95. The maximum atomic E-state index is 8.89. The van der Waals surface area contributed by atoms with Gasteiger partial charge in [-0.2, -0.15) is 0 Å². The van der Waals surface area contributed by atoms with Crippen molar-refractivity contribution in [1.29, 1.82) is 0 Å². The van der Waals surface area contributed by atoms with Crippen LogP contribution in [0.4, 0.5) is 0 Å². The first-order chi connectivity index (χ1) is 9.52. The van der Waals surface area contributed by atoms with Crippen LogP contribution < -0.4 is 14.8 Å². The quantitative estimate of drug-likeness (QED) is 0.730. The molecule has 2 N–H and O–H groups in total. The average Bonchev–Trinajstić information content (AvgIpc) is 2.44. The van der Waals surface area contributed by atoms with Gasteiger partial charge >= 0.3 is 0 Å². The van der Waals surface area contributed by atoms with E-state index < -0.39 is 0 Å². The molecular weight excluding hydrogens is 254 g/mol. The van der Waals surface area contributed by atoms with Crippen LogP contribution in [0.1, 0.15) is 32.3 Å². The number of nitrogens with one attached hydrogen (secondary N) is 1. The van der Waals surface area contributed by atoms with Crippen molar-refractivity contribution in [2.75, 3.05) is 27.4 Å². The number of aliphatic hydroxyl groups excluding tert-OH is 1. The lowest BCUT2D eigenvalue weighted by Gasteiger charge is -2.24. The van der Waals surface area contributed by atoms with E-state index in [0.29, 0.717) is 0 Å². The number of methoxy groups -OCH3 is 2. The number of aliphatic hydroxyl groups is 1. The first-order valence-electron chi connectivity index (χ1n) is 7.05. The number of rotatable bonds is 9. The second-order valence-corrected chi connectivity index (χ2v) is 5.78. The molecule has 0 unspecified atom stereocenters. The third-order valence-electron chi connectivity index (χ3n) is 3.39. The van der Waals surface area contributed by atoms with Crippen molar-refractivity contribution in [1.82, 2.24) is 5.32 Å². The molecule has 0 heterocycles. The van der Waals surface area contributed by atoms with E-state index in [1.165, 1.54) is 5.56 Å². The van der Waals surface area contributed by atoms with Gasteiger partial charge in [0.2, 0.25) is 0 Å². The molecule has 114 valence electrons. The van der Waals surface area contributed by atoms with Crippen LogP contribution in [0.15, 0.2) is 18.2 Å². The van der Waals surface area contributed by atoms with E-state index in [-0.39, 0.29) is 12.0 Å². The van der Waals surface area contributed by atoms with Crippen LogP contribution in [-0.2, 0) is 6.54 Å². The molecule has 4 nitrogen and oxygen atoms in total. The summed E-state index contributed by atoms with van der Waals surface area (Å²) in [4.78, 5) is 0.